The van der Waals surface area contributed by atoms with E-state index in [2.05, 4.69) is 9.88 Å². The molecule has 0 atom stereocenters. The van der Waals surface area contributed by atoms with Crippen LogP contribution in [0.2, 0.25) is 0 Å². The Bertz CT molecular complexity index is 1060. The predicted octanol–water partition coefficient (Wildman–Crippen LogP) is 3.96. The number of carboxylic acid groups (broad SMARTS) is 1. The lowest BCUT2D eigenvalue weighted by molar-refractivity contribution is 0.0697. The van der Waals surface area contributed by atoms with Crippen molar-refractivity contribution in [2.75, 3.05) is 31.1 Å². The van der Waals surface area contributed by atoms with Crippen LogP contribution < -0.4 is 9.64 Å². The number of pyridine rings is 1. The molecule has 1 aliphatic rings. The van der Waals surface area contributed by atoms with Gasteiger partial charge in [-0.1, -0.05) is 18.2 Å². The molecule has 1 aromatic heterocycles. The number of benzene rings is 2. The number of hydrogen-bond acceptors (Lipinski definition) is 5. The highest BCUT2D eigenvalue weighted by Crippen LogP contribution is 2.21. The lowest BCUT2D eigenvalue weighted by atomic mass is 10.1. The summed E-state index contributed by atoms with van der Waals surface area (Å²) in [4.78, 5) is 20.0. The molecular weight excluding hydrogens is 416 g/mol. The molecule has 0 spiro atoms. The molecule has 8 heteroatoms. The number of aromatic carboxylic acids is 1. The molecule has 4 rings (SSSR count). The lowest BCUT2D eigenvalue weighted by Crippen LogP contribution is -2.46. The van der Waals surface area contributed by atoms with Crippen LogP contribution in [0, 0.1) is 11.6 Å². The van der Waals surface area contributed by atoms with Crippen LogP contribution in [0.15, 0.2) is 60.8 Å². The molecule has 2 heterocycles. The number of ether oxygens (including phenoxy) is 1. The Labute approximate surface area is 184 Å². The first-order chi connectivity index (χ1) is 15.5. The maximum atomic E-state index is 13.7. The smallest absolute Gasteiger partial charge is 0.339 e. The van der Waals surface area contributed by atoms with Gasteiger partial charge >= 0.3 is 5.97 Å². The van der Waals surface area contributed by atoms with Gasteiger partial charge in [-0.15, -0.1) is 0 Å². The van der Waals surface area contributed by atoms with E-state index >= 15 is 0 Å². The van der Waals surface area contributed by atoms with Gasteiger partial charge in [-0.2, -0.15) is 0 Å². The molecule has 1 fully saturated rings. The van der Waals surface area contributed by atoms with Gasteiger partial charge in [-0.3, -0.25) is 4.90 Å². The van der Waals surface area contributed by atoms with Gasteiger partial charge in [0.05, 0.1) is 5.56 Å². The van der Waals surface area contributed by atoms with Crippen LogP contribution in [0.4, 0.5) is 14.6 Å². The van der Waals surface area contributed by atoms with Crippen molar-refractivity contribution >= 4 is 11.8 Å². The van der Waals surface area contributed by atoms with Crippen molar-refractivity contribution in [2.24, 2.45) is 0 Å². The van der Waals surface area contributed by atoms with Gasteiger partial charge in [0.1, 0.15) is 35.4 Å². The first-order valence-electron chi connectivity index (χ1n) is 10.3. The van der Waals surface area contributed by atoms with E-state index in [1.165, 1.54) is 18.2 Å². The number of carboxylic acids is 1. The molecule has 0 aliphatic carbocycles. The monoisotopic (exact) mass is 439 g/mol. The molecule has 0 saturated carbocycles. The zero-order valence-corrected chi connectivity index (χ0v) is 17.4. The average Bonchev–Trinajstić information content (AvgIpc) is 2.80. The summed E-state index contributed by atoms with van der Waals surface area (Å²) in [7, 11) is 0. The van der Waals surface area contributed by atoms with E-state index < -0.39 is 17.6 Å². The fourth-order valence-electron chi connectivity index (χ4n) is 3.71. The van der Waals surface area contributed by atoms with E-state index in [1.54, 1.807) is 30.5 Å². The molecule has 0 unspecified atom stereocenters. The topological polar surface area (TPSA) is 65.9 Å². The molecule has 6 nitrogen and oxygen atoms in total. The maximum absolute atomic E-state index is 13.7. The number of rotatable bonds is 7. The quantitative estimate of drug-likeness (QED) is 0.601. The van der Waals surface area contributed by atoms with Gasteiger partial charge in [0, 0.05) is 38.9 Å². The van der Waals surface area contributed by atoms with Crippen molar-refractivity contribution in [3.63, 3.8) is 0 Å². The number of nitrogens with zero attached hydrogens (tertiary/aromatic N) is 3. The molecule has 1 saturated heterocycles. The minimum absolute atomic E-state index is 0.0894. The zero-order chi connectivity index (χ0) is 22.5. The number of carbonyl (C=O) groups is 1. The molecule has 166 valence electrons. The molecule has 0 radical (unpaired) electrons. The summed E-state index contributed by atoms with van der Waals surface area (Å²) in [6, 6.07) is 14.4. The van der Waals surface area contributed by atoms with E-state index in [0.29, 0.717) is 24.7 Å². The summed E-state index contributed by atoms with van der Waals surface area (Å²) in [5, 5.41) is 9.37. The van der Waals surface area contributed by atoms with Crippen LogP contribution in [0.5, 0.6) is 5.75 Å². The average molecular weight is 439 g/mol. The van der Waals surface area contributed by atoms with Crippen LogP contribution in [-0.2, 0) is 13.2 Å². The van der Waals surface area contributed by atoms with E-state index in [4.69, 9.17) is 4.74 Å². The second-order valence-electron chi connectivity index (χ2n) is 7.58. The summed E-state index contributed by atoms with van der Waals surface area (Å²) < 4.78 is 33.0. The first kappa shape index (κ1) is 21.7. The molecule has 0 amide bonds. The summed E-state index contributed by atoms with van der Waals surface area (Å²) in [6.07, 6.45) is 1.61. The van der Waals surface area contributed by atoms with Crippen molar-refractivity contribution < 1.29 is 23.4 Å². The summed E-state index contributed by atoms with van der Waals surface area (Å²) in [5.74, 6) is -1.18. The molecule has 32 heavy (non-hydrogen) atoms. The van der Waals surface area contributed by atoms with Crippen LogP contribution in [-0.4, -0.2) is 47.1 Å². The number of hydrogen-bond donors (Lipinski definition) is 1. The normalized spacial score (nSPS) is 14.4. The fraction of sp³-hybridized carbons (Fsp3) is 0.250. The Balaban J connectivity index is 1.30. The van der Waals surface area contributed by atoms with Gasteiger partial charge in [0.2, 0.25) is 0 Å². The Morgan fingerprint density at radius 3 is 2.31 bits per heavy atom. The standard InChI is InChI=1S/C24H23F2N3O3/c25-21-4-1-5-22(26)20(21)16-32-18-8-6-17(7-9-18)15-28-11-13-29(14-12-28)23-19(24(30)31)3-2-10-27-23/h1-10H,11-16H2,(H,30,31). The number of anilines is 1. The minimum atomic E-state index is -0.976. The Hall–Kier alpha value is -3.52. The van der Waals surface area contributed by atoms with Crippen LogP contribution in [0.1, 0.15) is 21.5 Å². The van der Waals surface area contributed by atoms with Gasteiger partial charge in [-0.05, 0) is 42.0 Å². The van der Waals surface area contributed by atoms with E-state index in [1.807, 2.05) is 17.0 Å². The summed E-state index contributed by atoms with van der Waals surface area (Å²) in [5.41, 5.74) is 1.21. The zero-order valence-electron chi connectivity index (χ0n) is 17.4. The highest BCUT2D eigenvalue weighted by Gasteiger charge is 2.22. The molecule has 1 N–H and O–H groups in total. The van der Waals surface area contributed by atoms with Crippen molar-refractivity contribution in [1.29, 1.82) is 0 Å². The van der Waals surface area contributed by atoms with E-state index in [-0.39, 0.29) is 17.7 Å². The van der Waals surface area contributed by atoms with Crippen LogP contribution in [0.3, 0.4) is 0 Å². The number of halogens is 2. The molecule has 1 aliphatic heterocycles. The Morgan fingerprint density at radius 1 is 0.969 bits per heavy atom. The SMILES string of the molecule is O=C(O)c1cccnc1N1CCN(Cc2ccc(OCc3c(F)cccc3F)cc2)CC1. The predicted molar refractivity (Wildman–Crippen MR) is 116 cm³/mol. The second kappa shape index (κ2) is 9.74. The third-order valence-corrected chi connectivity index (χ3v) is 5.46. The highest BCUT2D eigenvalue weighted by atomic mass is 19.1. The van der Waals surface area contributed by atoms with Crippen molar-refractivity contribution in [2.45, 2.75) is 13.2 Å². The summed E-state index contributed by atoms with van der Waals surface area (Å²) >= 11 is 0. The molecule has 2 aromatic carbocycles. The molecular formula is C24H23F2N3O3. The highest BCUT2D eigenvalue weighted by molar-refractivity contribution is 5.93. The maximum Gasteiger partial charge on any atom is 0.339 e. The minimum Gasteiger partial charge on any atom is -0.489 e. The lowest BCUT2D eigenvalue weighted by Gasteiger charge is -2.35. The first-order valence-corrected chi connectivity index (χ1v) is 10.3. The van der Waals surface area contributed by atoms with E-state index in [0.717, 1.165) is 25.2 Å². The van der Waals surface area contributed by atoms with Gasteiger partial charge in [-0.25, -0.2) is 18.6 Å². The summed E-state index contributed by atoms with van der Waals surface area (Å²) in [6.45, 7) is 3.50. The Morgan fingerprint density at radius 2 is 1.66 bits per heavy atom. The van der Waals surface area contributed by atoms with Crippen LogP contribution >= 0.6 is 0 Å². The second-order valence-corrected chi connectivity index (χ2v) is 7.58. The van der Waals surface area contributed by atoms with Gasteiger partial charge in [0.15, 0.2) is 0 Å². The van der Waals surface area contributed by atoms with Crippen molar-refractivity contribution in [1.82, 2.24) is 9.88 Å². The number of aromatic nitrogens is 1. The van der Waals surface area contributed by atoms with Crippen molar-refractivity contribution in [3.05, 3.63) is 89.1 Å². The largest absolute Gasteiger partial charge is 0.489 e. The molecule has 0 bridgehead atoms. The Kier molecular flexibility index (Phi) is 6.61. The van der Waals surface area contributed by atoms with Crippen molar-refractivity contribution in [3.8, 4) is 5.75 Å². The fourth-order valence-corrected chi connectivity index (χ4v) is 3.71. The van der Waals surface area contributed by atoms with Crippen LogP contribution in [0.25, 0.3) is 0 Å². The van der Waals surface area contributed by atoms with Gasteiger partial charge in [0.25, 0.3) is 0 Å². The van der Waals surface area contributed by atoms with Gasteiger partial charge < -0.3 is 14.7 Å². The third-order valence-electron chi connectivity index (χ3n) is 5.46. The van der Waals surface area contributed by atoms with E-state index in [9.17, 15) is 18.7 Å². The molecule has 3 aromatic rings. The third kappa shape index (κ3) is 5.03. The number of piperazine rings is 1.